The van der Waals surface area contributed by atoms with Crippen molar-refractivity contribution in [2.45, 2.75) is 6.42 Å². The lowest BCUT2D eigenvalue weighted by Gasteiger charge is -2.22. The molecule has 0 spiro atoms. The first-order valence-electron chi connectivity index (χ1n) is 3.23. The maximum atomic E-state index is 8.24. The molecular weight excluding hydrogens is 189 g/mol. The van der Waals surface area contributed by atoms with Crippen LogP contribution in [0.25, 0.3) is 0 Å². The summed E-state index contributed by atoms with van der Waals surface area (Å²) in [6.45, 7) is 1.17. The van der Waals surface area contributed by atoms with Gasteiger partial charge in [-0.25, -0.2) is 0 Å². The number of halogens is 2. The third-order valence-electron chi connectivity index (χ3n) is 0.963. The van der Waals surface area contributed by atoms with Crippen molar-refractivity contribution < 1.29 is 25.1 Å². The van der Waals surface area contributed by atoms with Gasteiger partial charge in [-0.2, -0.15) is 0 Å². The third-order valence-corrected chi connectivity index (χ3v) is 1.23. The van der Waals surface area contributed by atoms with Crippen LogP contribution in [0.2, 0.25) is 0 Å². The van der Waals surface area contributed by atoms with E-state index in [-0.39, 0.29) is 0 Å². The normalized spacial score (nSPS) is 10.4. The summed E-state index contributed by atoms with van der Waals surface area (Å²) in [6, 6.07) is 0. The van der Waals surface area contributed by atoms with Crippen LogP contribution < -0.4 is 9.32 Å². The molecule has 0 saturated heterocycles. The molecule has 0 bridgehead atoms. The maximum absolute atomic E-state index is 8.24. The van der Waals surface area contributed by atoms with Crippen LogP contribution in [0.5, 0.6) is 0 Å². The van der Waals surface area contributed by atoms with Crippen LogP contribution in [-0.2, 0) is 0 Å². The summed E-state index contributed by atoms with van der Waals surface area (Å²) < 4.78 is 17.5. The molecule has 70 valence electrons. The standard InChI is InChI=1S/C6H15ClN.ClO2/c1-8(2,3)6-4-5-7;2-1-3/h4-6H2,1-3H3;/q+1;-1. The fourth-order valence-electron chi connectivity index (χ4n) is 0.534. The van der Waals surface area contributed by atoms with Gasteiger partial charge in [-0.3, -0.25) is 0 Å². The molecule has 0 radical (unpaired) electrons. The summed E-state index contributed by atoms with van der Waals surface area (Å²) in [4.78, 5) is 0. The van der Waals surface area contributed by atoms with Crippen LogP contribution in [0.3, 0.4) is 0 Å². The predicted octanol–water partition coefficient (Wildman–Crippen LogP) is -1.06. The Hall–Kier alpha value is 0.460. The zero-order valence-corrected chi connectivity index (χ0v) is 8.65. The highest BCUT2D eigenvalue weighted by atomic mass is 35.6. The van der Waals surface area contributed by atoms with Crippen molar-refractivity contribution >= 4 is 11.6 Å². The topological polar surface area (TPSA) is 46.1 Å². The number of quaternary nitrogens is 1. The Balaban J connectivity index is 0. The fraction of sp³-hybridized carbons (Fsp3) is 1.00. The largest absolute Gasteiger partial charge is 0.544 e. The van der Waals surface area contributed by atoms with Crippen molar-refractivity contribution in [3.63, 3.8) is 0 Å². The molecule has 0 atom stereocenters. The first kappa shape index (κ1) is 14.0. The highest BCUT2D eigenvalue weighted by Gasteiger charge is 2.03. The van der Waals surface area contributed by atoms with Gasteiger partial charge in [-0.1, -0.05) is 0 Å². The summed E-state index contributed by atoms with van der Waals surface area (Å²) in [7, 11) is 6.52. The Morgan fingerprint density at radius 3 is 1.73 bits per heavy atom. The minimum Gasteiger partial charge on any atom is -0.544 e. The van der Waals surface area contributed by atoms with Crippen molar-refractivity contribution in [1.82, 2.24) is 0 Å². The second kappa shape index (κ2) is 8.56. The predicted molar refractivity (Wildman–Crippen MR) is 38.2 cm³/mol. The van der Waals surface area contributed by atoms with Crippen molar-refractivity contribution in [3.8, 4) is 0 Å². The van der Waals surface area contributed by atoms with E-state index in [1.165, 1.54) is 6.54 Å². The molecule has 0 aliphatic heterocycles. The first-order valence-corrected chi connectivity index (χ1v) is 4.39. The maximum Gasteiger partial charge on any atom is 0.0878 e. The number of alkyl halides is 1. The molecule has 0 rings (SSSR count). The van der Waals surface area contributed by atoms with Crippen LogP contribution in [-0.4, -0.2) is 38.1 Å². The molecule has 0 N–H and O–H groups in total. The zero-order chi connectivity index (χ0) is 9.33. The van der Waals surface area contributed by atoms with Gasteiger partial charge in [0.05, 0.1) is 39.0 Å². The average molecular weight is 204 g/mol. The number of rotatable bonds is 3. The molecule has 0 aliphatic rings. The minimum atomic E-state index is -0.417. The van der Waals surface area contributed by atoms with Gasteiger partial charge < -0.3 is 13.8 Å². The molecular formula is C6H15Cl2NO2. The lowest BCUT2D eigenvalue weighted by molar-refractivity contribution is -1.41. The van der Waals surface area contributed by atoms with Gasteiger partial charge in [-0.05, 0) is 0 Å². The van der Waals surface area contributed by atoms with E-state index in [0.29, 0.717) is 0 Å². The summed E-state index contributed by atoms with van der Waals surface area (Å²) in [6.07, 6.45) is 1.12. The quantitative estimate of drug-likeness (QED) is 0.434. The van der Waals surface area contributed by atoms with Crippen molar-refractivity contribution in [2.24, 2.45) is 0 Å². The van der Waals surface area contributed by atoms with Crippen molar-refractivity contribution in [3.05, 3.63) is 0 Å². The molecule has 0 fully saturated rings. The molecule has 0 amide bonds. The molecule has 0 unspecified atom stereocenters. The summed E-state index contributed by atoms with van der Waals surface area (Å²) in [5.41, 5.74) is 0. The van der Waals surface area contributed by atoms with E-state index in [2.05, 4.69) is 21.1 Å². The monoisotopic (exact) mass is 203 g/mol. The SMILES string of the molecule is C[N+](C)(C)CCCCl.[O-][Cl+][O-]. The number of nitrogens with zero attached hydrogens (tertiary/aromatic N) is 1. The Bertz CT molecular complexity index is 75.5. The van der Waals surface area contributed by atoms with E-state index in [9.17, 15) is 0 Å². The van der Waals surface area contributed by atoms with Gasteiger partial charge in [0.15, 0.2) is 0 Å². The highest BCUT2D eigenvalue weighted by molar-refractivity contribution is 6.17. The summed E-state index contributed by atoms with van der Waals surface area (Å²) in [5, 5.41) is 0. The molecule has 3 nitrogen and oxygen atoms in total. The summed E-state index contributed by atoms with van der Waals surface area (Å²) in [5.74, 6) is 0.787. The van der Waals surface area contributed by atoms with E-state index in [1.807, 2.05) is 0 Å². The van der Waals surface area contributed by atoms with Crippen LogP contribution in [0.4, 0.5) is 0 Å². The molecule has 0 aromatic rings. The average Bonchev–Trinajstić information content (AvgIpc) is 1.84. The fourth-order valence-corrected chi connectivity index (χ4v) is 0.654. The van der Waals surface area contributed by atoms with Gasteiger partial charge in [0.2, 0.25) is 0 Å². The van der Waals surface area contributed by atoms with E-state index >= 15 is 0 Å². The smallest absolute Gasteiger partial charge is 0.0878 e. The Morgan fingerprint density at radius 2 is 1.64 bits per heavy atom. The van der Waals surface area contributed by atoms with Gasteiger partial charge >= 0.3 is 0 Å². The minimum absolute atomic E-state index is 0.417. The Morgan fingerprint density at radius 1 is 1.27 bits per heavy atom. The highest BCUT2D eigenvalue weighted by Crippen LogP contribution is 1.93. The van der Waals surface area contributed by atoms with Crippen LogP contribution in [0, 0.1) is 11.3 Å². The molecule has 5 heteroatoms. The van der Waals surface area contributed by atoms with Gasteiger partial charge in [0, 0.05) is 12.3 Å². The Labute approximate surface area is 77.2 Å². The molecule has 0 saturated carbocycles. The molecule has 0 aliphatic carbocycles. The van der Waals surface area contributed by atoms with E-state index in [4.69, 9.17) is 20.9 Å². The lowest BCUT2D eigenvalue weighted by atomic mass is 10.4. The van der Waals surface area contributed by atoms with E-state index in [1.54, 1.807) is 0 Å². The van der Waals surface area contributed by atoms with Crippen molar-refractivity contribution in [2.75, 3.05) is 33.6 Å². The third kappa shape index (κ3) is 25.1. The molecule has 0 aromatic carbocycles. The second-order valence-electron chi connectivity index (χ2n) is 3.12. The van der Waals surface area contributed by atoms with Crippen LogP contribution >= 0.6 is 11.6 Å². The Kier molecular flexibility index (Phi) is 10.9. The van der Waals surface area contributed by atoms with Gasteiger partial charge in [0.25, 0.3) is 0 Å². The molecule has 11 heavy (non-hydrogen) atoms. The zero-order valence-electron chi connectivity index (χ0n) is 7.14. The van der Waals surface area contributed by atoms with E-state index < -0.39 is 11.3 Å². The lowest BCUT2D eigenvalue weighted by Crippen LogP contribution is -2.35. The van der Waals surface area contributed by atoms with Gasteiger partial charge in [-0.15, -0.1) is 11.6 Å². The number of hydrogen-bond acceptors (Lipinski definition) is 2. The van der Waals surface area contributed by atoms with Crippen LogP contribution in [0.15, 0.2) is 0 Å². The molecule has 0 aromatic heterocycles. The number of hydrogen-bond donors (Lipinski definition) is 0. The van der Waals surface area contributed by atoms with Crippen molar-refractivity contribution in [1.29, 1.82) is 0 Å². The molecule has 0 heterocycles. The second-order valence-corrected chi connectivity index (χ2v) is 3.62. The first-order chi connectivity index (χ1) is 4.97. The summed E-state index contributed by atoms with van der Waals surface area (Å²) >= 11 is 5.08. The van der Waals surface area contributed by atoms with Crippen LogP contribution in [0.1, 0.15) is 6.42 Å². The van der Waals surface area contributed by atoms with Gasteiger partial charge in [0.1, 0.15) is 0 Å². The van der Waals surface area contributed by atoms with E-state index in [0.717, 1.165) is 16.8 Å².